The zero-order chi connectivity index (χ0) is 22.4. The van der Waals surface area contributed by atoms with Crippen LogP contribution in [0.4, 0.5) is 0 Å². The lowest BCUT2D eigenvalue weighted by Crippen LogP contribution is -2.48. The van der Waals surface area contributed by atoms with Crippen LogP contribution >= 0.6 is 11.3 Å². The molecular weight excluding hydrogens is 420 g/mol. The molecule has 3 aromatic heterocycles. The molecule has 1 aromatic carbocycles. The Hall–Kier alpha value is -3.03. The first-order chi connectivity index (χ1) is 15.4. The molecule has 6 nitrogen and oxygen atoms in total. The highest BCUT2D eigenvalue weighted by Gasteiger charge is 2.29. The fourth-order valence-electron chi connectivity index (χ4n) is 4.46. The first-order valence-electron chi connectivity index (χ1n) is 10.9. The highest BCUT2D eigenvalue weighted by Crippen LogP contribution is 2.32. The molecule has 0 saturated carbocycles. The van der Waals surface area contributed by atoms with Gasteiger partial charge < -0.3 is 9.64 Å². The zero-order valence-corrected chi connectivity index (χ0v) is 19.5. The van der Waals surface area contributed by atoms with E-state index >= 15 is 0 Å². The lowest BCUT2D eigenvalue weighted by molar-refractivity contribution is -0.0585. The summed E-state index contributed by atoms with van der Waals surface area (Å²) >= 11 is 1.62. The molecule has 0 bridgehead atoms. The van der Waals surface area contributed by atoms with Crippen LogP contribution < -0.4 is 0 Å². The van der Waals surface area contributed by atoms with Gasteiger partial charge in [-0.15, -0.1) is 11.3 Å². The van der Waals surface area contributed by atoms with E-state index in [9.17, 15) is 4.79 Å². The molecule has 0 spiro atoms. The number of aromatic nitrogens is 3. The minimum Gasteiger partial charge on any atom is -0.372 e. The molecule has 2 unspecified atom stereocenters. The molecule has 1 amide bonds. The third-order valence-electron chi connectivity index (χ3n) is 5.77. The Morgan fingerprint density at radius 1 is 1.09 bits per heavy atom. The molecule has 0 radical (unpaired) electrons. The monoisotopic (exact) mass is 446 g/mol. The van der Waals surface area contributed by atoms with E-state index in [0.29, 0.717) is 24.3 Å². The Balaban J connectivity index is 1.72. The maximum Gasteiger partial charge on any atom is 0.254 e. The Kier molecular flexibility index (Phi) is 5.31. The number of morpholine rings is 1. The van der Waals surface area contributed by atoms with Crippen LogP contribution in [-0.2, 0) is 4.74 Å². The van der Waals surface area contributed by atoms with E-state index in [0.717, 1.165) is 32.9 Å². The molecule has 1 aliphatic rings. The van der Waals surface area contributed by atoms with Gasteiger partial charge >= 0.3 is 0 Å². The molecule has 5 rings (SSSR count). The van der Waals surface area contributed by atoms with Gasteiger partial charge in [-0.2, -0.15) is 5.10 Å². The van der Waals surface area contributed by atoms with Gasteiger partial charge in [-0.25, -0.2) is 9.67 Å². The number of thiophene rings is 1. The summed E-state index contributed by atoms with van der Waals surface area (Å²) in [5, 5.41) is 7.64. The van der Waals surface area contributed by atoms with E-state index in [-0.39, 0.29) is 18.1 Å². The zero-order valence-electron chi connectivity index (χ0n) is 18.7. The molecule has 7 heteroatoms. The van der Waals surface area contributed by atoms with Gasteiger partial charge in [-0.05, 0) is 62.9 Å². The van der Waals surface area contributed by atoms with Crippen molar-refractivity contribution in [3.05, 3.63) is 64.7 Å². The van der Waals surface area contributed by atoms with E-state index in [1.807, 2.05) is 66.1 Å². The van der Waals surface area contributed by atoms with Gasteiger partial charge in [0.25, 0.3) is 5.91 Å². The van der Waals surface area contributed by atoms with Gasteiger partial charge in [-0.3, -0.25) is 4.79 Å². The van der Waals surface area contributed by atoms with Crippen LogP contribution in [0.15, 0.2) is 47.8 Å². The highest BCUT2D eigenvalue weighted by molar-refractivity contribution is 7.13. The maximum absolute atomic E-state index is 13.8. The lowest BCUT2D eigenvalue weighted by atomic mass is 10.1. The maximum atomic E-state index is 13.8. The Bertz CT molecular complexity index is 1290. The summed E-state index contributed by atoms with van der Waals surface area (Å²) in [6, 6.07) is 14.1. The highest BCUT2D eigenvalue weighted by atomic mass is 32.1. The number of ether oxygens (including phenoxy) is 1. The summed E-state index contributed by atoms with van der Waals surface area (Å²) in [4.78, 5) is 21.7. The Morgan fingerprint density at radius 2 is 1.88 bits per heavy atom. The molecule has 0 N–H and O–H groups in total. The van der Waals surface area contributed by atoms with E-state index in [1.165, 1.54) is 0 Å². The van der Waals surface area contributed by atoms with Crippen molar-refractivity contribution in [2.24, 2.45) is 0 Å². The van der Waals surface area contributed by atoms with Gasteiger partial charge in [0.2, 0.25) is 0 Å². The quantitative estimate of drug-likeness (QED) is 0.444. The number of hydrogen-bond acceptors (Lipinski definition) is 5. The summed E-state index contributed by atoms with van der Waals surface area (Å²) < 4.78 is 7.71. The van der Waals surface area contributed by atoms with E-state index < -0.39 is 0 Å². The molecular formula is C25H26N4O2S. The molecule has 1 fully saturated rings. The number of hydrogen-bond donors (Lipinski definition) is 0. The average molecular weight is 447 g/mol. The van der Waals surface area contributed by atoms with Gasteiger partial charge in [0, 0.05) is 13.1 Å². The summed E-state index contributed by atoms with van der Waals surface area (Å²) in [7, 11) is 0. The number of nitrogens with zero attached hydrogens (tertiary/aromatic N) is 4. The number of pyridine rings is 1. The second kappa shape index (κ2) is 8.15. The fourth-order valence-corrected chi connectivity index (χ4v) is 5.15. The van der Waals surface area contributed by atoms with Crippen molar-refractivity contribution in [2.45, 2.75) is 39.9 Å². The van der Waals surface area contributed by atoms with Crippen molar-refractivity contribution >= 4 is 28.3 Å². The van der Waals surface area contributed by atoms with Crippen LogP contribution in [0.1, 0.15) is 35.5 Å². The van der Waals surface area contributed by atoms with E-state index in [1.54, 1.807) is 11.3 Å². The largest absolute Gasteiger partial charge is 0.372 e. The average Bonchev–Trinajstić information content (AvgIpc) is 3.40. The third kappa shape index (κ3) is 3.72. The Labute approximate surface area is 191 Å². The van der Waals surface area contributed by atoms with Gasteiger partial charge in [0.1, 0.15) is 0 Å². The van der Waals surface area contributed by atoms with Crippen LogP contribution in [0.3, 0.4) is 0 Å². The van der Waals surface area contributed by atoms with Crippen molar-refractivity contribution in [2.75, 3.05) is 13.1 Å². The van der Waals surface area contributed by atoms with Gasteiger partial charge in [0.05, 0.1) is 45.1 Å². The SMILES string of the molecule is Cc1cccc(-n2nc(C)c3c(C(=O)N4CC(C)OC(C)C4)cc(-c4cccs4)nc32)c1. The molecule has 2 atom stereocenters. The van der Waals surface area contributed by atoms with E-state index in [4.69, 9.17) is 14.8 Å². The van der Waals surface area contributed by atoms with Crippen molar-refractivity contribution in [1.82, 2.24) is 19.7 Å². The predicted octanol–water partition coefficient (Wildman–Crippen LogP) is 5.02. The molecule has 32 heavy (non-hydrogen) atoms. The van der Waals surface area contributed by atoms with Crippen LogP contribution in [0.2, 0.25) is 0 Å². The third-order valence-corrected chi connectivity index (χ3v) is 6.66. The number of carbonyl (C=O) groups is 1. The molecule has 164 valence electrons. The summed E-state index contributed by atoms with van der Waals surface area (Å²) in [6.45, 7) is 9.18. The Morgan fingerprint density at radius 3 is 2.56 bits per heavy atom. The molecule has 0 aliphatic carbocycles. The molecule has 1 aliphatic heterocycles. The van der Waals surface area contributed by atoms with Gasteiger partial charge in [0.15, 0.2) is 5.65 Å². The van der Waals surface area contributed by atoms with E-state index in [2.05, 4.69) is 19.1 Å². The van der Waals surface area contributed by atoms with Crippen molar-refractivity contribution in [3.63, 3.8) is 0 Å². The number of carbonyl (C=O) groups excluding carboxylic acids is 1. The van der Waals surface area contributed by atoms with Crippen molar-refractivity contribution in [3.8, 4) is 16.3 Å². The number of aryl methyl sites for hydroxylation is 2. The number of rotatable bonds is 3. The molecule has 1 saturated heterocycles. The smallest absolute Gasteiger partial charge is 0.254 e. The van der Waals surface area contributed by atoms with Crippen LogP contribution in [-0.4, -0.2) is 50.9 Å². The molecule has 4 aromatic rings. The lowest BCUT2D eigenvalue weighted by Gasteiger charge is -2.35. The van der Waals surface area contributed by atoms with Gasteiger partial charge in [-0.1, -0.05) is 18.2 Å². The second-order valence-electron chi connectivity index (χ2n) is 8.53. The number of fused-ring (bicyclic) bond motifs is 1. The minimum absolute atomic E-state index is 0.00379. The standard InChI is InChI=1S/C25H26N4O2S/c1-15-7-5-8-19(11-15)29-24-23(18(4)27-29)20(12-21(26-24)22-9-6-10-32-22)25(30)28-13-16(2)31-17(3)14-28/h5-12,16-17H,13-14H2,1-4H3. The summed E-state index contributed by atoms with van der Waals surface area (Å²) in [6.07, 6.45) is 0.0146. The van der Waals surface area contributed by atoms with Crippen LogP contribution in [0.5, 0.6) is 0 Å². The number of benzene rings is 1. The normalized spacial score (nSPS) is 18.9. The molecule has 4 heterocycles. The second-order valence-corrected chi connectivity index (χ2v) is 9.48. The minimum atomic E-state index is 0.00379. The van der Waals surface area contributed by atoms with Crippen LogP contribution in [0.25, 0.3) is 27.3 Å². The first-order valence-corrected chi connectivity index (χ1v) is 11.7. The summed E-state index contributed by atoms with van der Waals surface area (Å²) in [5.74, 6) is 0.00379. The predicted molar refractivity (Wildman–Crippen MR) is 128 cm³/mol. The fraction of sp³-hybridized carbons (Fsp3) is 0.320. The summed E-state index contributed by atoms with van der Waals surface area (Å²) in [5.41, 5.74) is 5.02. The first kappa shape index (κ1) is 20.8. The van der Waals surface area contributed by atoms with Crippen molar-refractivity contribution in [1.29, 1.82) is 0 Å². The topological polar surface area (TPSA) is 60.2 Å². The number of amides is 1. The van der Waals surface area contributed by atoms with Crippen molar-refractivity contribution < 1.29 is 9.53 Å². The van der Waals surface area contributed by atoms with Crippen LogP contribution in [0, 0.1) is 13.8 Å².